The third-order valence-electron chi connectivity index (χ3n) is 4.29. The van der Waals surface area contributed by atoms with Gasteiger partial charge >= 0.3 is 0 Å². The standard InChI is InChI=1S/C18H23ClN2O4S/c1-13(10-18(23)21(2)16-8-9-26(24,25)12-16)20-17(22)7-6-14-4-3-5-15(19)11-14/h3-7,11,13,16H,8-10,12H2,1-2H3,(H,20,22)/b7-6+/t13-,16?/m1/s1. The van der Waals surface area contributed by atoms with E-state index in [9.17, 15) is 18.0 Å². The van der Waals surface area contributed by atoms with Crippen molar-refractivity contribution in [3.63, 3.8) is 0 Å². The van der Waals surface area contributed by atoms with Crippen LogP contribution >= 0.6 is 11.6 Å². The largest absolute Gasteiger partial charge is 0.350 e. The van der Waals surface area contributed by atoms with E-state index in [1.54, 1.807) is 38.2 Å². The fourth-order valence-electron chi connectivity index (χ4n) is 2.81. The van der Waals surface area contributed by atoms with E-state index in [1.165, 1.54) is 11.0 Å². The normalized spacial score (nSPS) is 20.0. The Hall–Kier alpha value is -1.86. The molecule has 1 aromatic rings. The minimum Gasteiger partial charge on any atom is -0.350 e. The molecular formula is C18H23ClN2O4S. The Morgan fingerprint density at radius 2 is 2.15 bits per heavy atom. The van der Waals surface area contributed by atoms with E-state index >= 15 is 0 Å². The lowest BCUT2D eigenvalue weighted by atomic mass is 10.1. The molecule has 1 aromatic carbocycles. The number of carbonyl (C=O) groups is 2. The maximum absolute atomic E-state index is 12.3. The van der Waals surface area contributed by atoms with Gasteiger partial charge in [0.2, 0.25) is 11.8 Å². The number of sulfone groups is 1. The predicted octanol–water partition coefficient (Wildman–Crippen LogP) is 1.89. The quantitative estimate of drug-likeness (QED) is 0.742. The van der Waals surface area contributed by atoms with Crippen LogP contribution in [0.25, 0.3) is 6.08 Å². The maximum Gasteiger partial charge on any atom is 0.244 e. The Morgan fingerprint density at radius 3 is 2.77 bits per heavy atom. The molecule has 1 aliphatic rings. The second-order valence-electron chi connectivity index (χ2n) is 6.56. The molecule has 1 aliphatic heterocycles. The summed E-state index contributed by atoms with van der Waals surface area (Å²) in [4.78, 5) is 25.7. The van der Waals surface area contributed by atoms with Crippen molar-refractivity contribution in [3.05, 3.63) is 40.9 Å². The summed E-state index contributed by atoms with van der Waals surface area (Å²) < 4.78 is 23.1. The van der Waals surface area contributed by atoms with Crippen LogP contribution in [0.3, 0.4) is 0 Å². The molecule has 142 valence electrons. The van der Waals surface area contributed by atoms with Gasteiger partial charge in [0.1, 0.15) is 0 Å². The second kappa shape index (κ2) is 8.68. The molecule has 2 amide bonds. The second-order valence-corrected chi connectivity index (χ2v) is 9.23. The Balaban J connectivity index is 1.82. The Labute approximate surface area is 159 Å². The molecule has 0 aromatic heterocycles. The van der Waals surface area contributed by atoms with Crippen LogP contribution in [0, 0.1) is 0 Å². The number of amides is 2. The van der Waals surface area contributed by atoms with Gasteiger partial charge in [-0.05, 0) is 37.1 Å². The van der Waals surface area contributed by atoms with E-state index in [0.29, 0.717) is 11.4 Å². The number of benzene rings is 1. The van der Waals surface area contributed by atoms with Crippen LogP contribution in [0.5, 0.6) is 0 Å². The van der Waals surface area contributed by atoms with Crippen LogP contribution in [0.4, 0.5) is 0 Å². The molecule has 0 spiro atoms. The third-order valence-corrected chi connectivity index (χ3v) is 6.28. The fraction of sp³-hybridized carbons (Fsp3) is 0.444. The zero-order valence-electron chi connectivity index (χ0n) is 14.8. The van der Waals surface area contributed by atoms with Gasteiger partial charge in [0, 0.05) is 36.7 Å². The summed E-state index contributed by atoms with van der Waals surface area (Å²) >= 11 is 5.89. The van der Waals surface area contributed by atoms with Crippen molar-refractivity contribution in [3.8, 4) is 0 Å². The molecule has 1 saturated heterocycles. The number of rotatable bonds is 6. The highest BCUT2D eigenvalue weighted by Crippen LogP contribution is 2.17. The first-order valence-electron chi connectivity index (χ1n) is 8.36. The van der Waals surface area contributed by atoms with Crippen molar-refractivity contribution in [1.82, 2.24) is 10.2 Å². The van der Waals surface area contributed by atoms with Crippen LogP contribution in [0.1, 0.15) is 25.3 Å². The summed E-state index contributed by atoms with van der Waals surface area (Å²) in [5.41, 5.74) is 0.804. The lowest BCUT2D eigenvalue weighted by Gasteiger charge is -2.25. The van der Waals surface area contributed by atoms with Gasteiger partial charge in [0.25, 0.3) is 0 Å². The summed E-state index contributed by atoms with van der Waals surface area (Å²) in [6, 6.07) is 6.47. The van der Waals surface area contributed by atoms with E-state index in [1.807, 2.05) is 6.07 Å². The number of nitrogens with one attached hydrogen (secondary N) is 1. The highest BCUT2D eigenvalue weighted by atomic mass is 35.5. The van der Waals surface area contributed by atoms with Gasteiger partial charge < -0.3 is 10.2 Å². The topological polar surface area (TPSA) is 83.6 Å². The average molecular weight is 399 g/mol. The fourth-order valence-corrected chi connectivity index (χ4v) is 4.79. The van der Waals surface area contributed by atoms with Gasteiger partial charge in [-0.2, -0.15) is 0 Å². The van der Waals surface area contributed by atoms with Crippen LogP contribution in [-0.4, -0.2) is 55.8 Å². The number of hydrogen-bond acceptors (Lipinski definition) is 4. The summed E-state index contributed by atoms with van der Waals surface area (Å²) in [5.74, 6) is -0.357. The van der Waals surface area contributed by atoms with Crippen molar-refractivity contribution in [2.24, 2.45) is 0 Å². The highest BCUT2D eigenvalue weighted by molar-refractivity contribution is 7.91. The molecule has 2 rings (SSSR count). The van der Waals surface area contributed by atoms with Crippen molar-refractivity contribution in [1.29, 1.82) is 0 Å². The minimum atomic E-state index is -3.04. The first-order chi connectivity index (χ1) is 12.2. The van der Waals surface area contributed by atoms with Crippen molar-refractivity contribution in [2.75, 3.05) is 18.6 Å². The van der Waals surface area contributed by atoms with Crippen LogP contribution in [0.2, 0.25) is 5.02 Å². The molecule has 0 radical (unpaired) electrons. The Bertz CT molecular complexity index is 807. The smallest absolute Gasteiger partial charge is 0.244 e. The number of carbonyl (C=O) groups excluding carboxylic acids is 2. The number of hydrogen-bond donors (Lipinski definition) is 1. The lowest BCUT2D eigenvalue weighted by molar-refractivity contribution is -0.132. The summed E-state index contributed by atoms with van der Waals surface area (Å²) in [7, 11) is -1.43. The molecule has 8 heteroatoms. The van der Waals surface area contributed by atoms with E-state index in [-0.39, 0.29) is 41.8 Å². The van der Waals surface area contributed by atoms with E-state index in [2.05, 4.69) is 5.32 Å². The molecule has 1 fully saturated rings. The van der Waals surface area contributed by atoms with Gasteiger partial charge in [-0.15, -0.1) is 0 Å². The molecule has 26 heavy (non-hydrogen) atoms. The molecular weight excluding hydrogens is 376 g/mol. The van der Waals surface area contributed by atoms with Crippen LogP contribution in [0.15, 0.2) is 30.3 Å². The Kier molecular flexibility index (Phi) is 6.83. The van der Waals surface area contributed by atoms with Gasteiger partial charge in [0.05, 0.1) is 11.5 Å². The monoisotopic (exact) mass is 398 g/mol. The molecule has 1 heterocycles. The summed E-state index contributed by atoms with van der Waals surface area (Å²) in [5, 5.41) is 3.32. The van der Waals surface area contributed by atoms with Crippen molar-refractivity contribution in [2.45, 2.75) is 31.8 Å². The zero-order chi connectivity index (χ0) is 19.3. The first-order valence-corrected chi connectivity index (χ1v) is 10.6. The molecule has 0 saturated carbocycles. The average Bonchev–Trinajstić information content (AvgIpc) is 2.92. The van der Waals surface area contributed by atoms with Crippen molar-refractivity contribution < 1.29 is 18.0 Å². The summed E-state index contributed by atoms with van der Waals surface area (Å²) in [6.45, 7) is 1.74. The zero-order valence-corrected chi connectivity index (χ0v) is 16.4. The summed E-state index contributed by atoms with van der Waals surface area (Å²) in [6.07, 6.45) is 3.61. The predicted molar refractivity (Wildman–Crippen MR) is 103 cm³/mol. The molecule has 2 atom stereocenters. The van der Waals surface area contributed by atoms with Gasteiger partial charge in [-0.25, -0.2) is 8.42 Å². The van der Waals surface area contributed by atoms with Crippen LogP contribution in [-0.2, 0) is 19.4 Å². The minimum absolute atomic E-state index is 0.0123. The lowest BCUT2D eigenvalue weighted by Crippen LogP contribution is -2.42. The van der Waals surface area contributed by atoms with Gasteiger partial charge in [-0.3, -0.25) is 9.59 Å². The SMILES string of the molecule is C[C@H](CC(=O)N(C)C1CCS(=O)(=O)C1)NC(=O)/C=C/c1cccc(Cl)c1. The van der Waals surface area contributed by atoms with E-state index < -0.39 is 9.84 Å². The molecule has 1 unspecified atom stereocenters. The molecule has 6 nitrogen and oxygen atoms in total. The van der Waals surface area contributed by atoms with Crippen molar-refractivity contribution >= 4 is 39.3 Å². The van der Waals surface area contributed by atoms with Gasteiger partial charge in [0.15, 0.2) is 9.84 Å². The molecule has 0 aliphatic carbocycles. The van der Waals surface area contributed by atoms with E-state index in [4.69, 9.17) is 11.6 Å². The van der Waals surface area contributed by atoms with Gasteiger partial charge in [-0.1, -0.05) is 23.7 Å². The Morgan fingerprint density at radius 1 is 1.42 bits per heavy atom. The van der Waals surface area contributed by atoms with Crippen LogP contribution < -0.4 is 5.32 Å². The third kappa shape index (κ3) is 6.14. The first kappa shape index (κ1) is 20.5. The molecule has 0 bridgehead atoms. The van der Waals surface area contributed by atoms with E-state index in [0.717, 1.165) is 5.56 Å². The maximum atomic E-state index is 12.3. The highest BCUT2D eigenvalue weighted by Gasteiger charge is 2.32. The molecule has 1 N–H and O–H groups in total. The number of halogens is 1. The number of nitrogens with zero attached hydrogens (tertiary/aromatic N) is 1.